The fourth-order valence-corrected chi connectivity index (χ4v) is 4.71. The zero-order valence-electron chi connectivity index (χ0n) is 14.8. The van der Waals surface area contributed by atoms with Crippen LogP contribution in [0.3, 0.4) is 0 Å². The molecule has 0 fully saturated rings. The van der Waals surface area contributed by atoms with Crippen LogP contribution in [0.5, 0.6) is 0 Å². The molecule has 1 heterocycles. The summed E-state index contributed by atoms with van der Waals surface area (Å²) in [4.78, 5) is 13.8. The number of hydrogen-bond acceptors (Lipinski definition) is 4. The molecule has 0 radical (unpaired) electrons. The number of hydrogen-bond donors (Lipinski definition) is 1. The van der Waals surface area contributed by atoms with Gasteiger partial charge in [0.15, 0.2) is 5.78 Å². The van der Waals surface area contributed by atoms with E-state index in [9.17, 15) is 13.2 Å². The molecule has 0 unspecified atom stereocenters. The Morgan fingerprint density at radius 3 is 2.30 bits per heavy atom. The predicted octanol–water partition coefficient (Wildman–Crippen LogP) is 5.28. The van der Waals surface area contributed by atoms with E-state index in [1.165, 1.54) is 23.5 Å². The molecular weight excluding hydrogens is 402 g/mol. The molecule has 0 bridgehead atoms. The van der Waals surface area contributed by atoms with Crippen molar-refractivity contribution in [2.24, 2.45) is 5.14 Å². The van der Waals surface area contributed by atoms with Crippen molar-refractivity contribution in [1.29, 1.82) is 0 Å². The lowest BCUT2D eigenvalue weighted by atomic mass is 10.0. The molecule has 0 aliphatic rings. The summed E-state index contributed by atoms with van der Waals surface area (Å²) >= 11 is 7.84. The van der Waals surface area contributed by atoms with E-state index < -0.39 is 10.0 Å². The van der Waals surface area contributed by atoms with E-state index in [1.54, 1.807) is 18.2 Å². The molecule has 0 aliphatic carbocycles. The maximum absolute atomic E-state index is 12.0. The molecule has 0 amide bonds. The molecule has 0 spiro atoms. The van der Waals surface area contributed by atoms with Gasteiger partial charge in [-0.25, -0.2) is 13.6 Å². The number of Topliss-reactive ketones (excluding diaryl/α,β-unsaturated/α-hetero) is 1. The van der Waals surface area contributed by atoms with Crippen molar-refractivity contribution >= 4 is 38.7 Å². The second kappa shape index (κ2) is 7.56. The summed E-state index contributed by atoms with van der Waals surface area (Å²) < 4.78 is 22.9. The highest BCUT2D eigenvalue weighted by atomic mass is 35.5. The van der Waals surface area contributed by atoms with Crippen molar-refractivity contribution in [3.8, 4) is 21.6 Å². The number of primary sulfonamides is 1. The third-order valence-corrected chi connectivity index (χ3v) is 6.82. The van der Waals surface area contributed by atoms with Crippen molar-refractivity contribution in [1.82, 2.24) is 0 Å². The first kappa shape index (κ1) is 19.8. The first-order valence-corrected chi connectivity index (χ1v) is 11.0. The standard InChI is InChI=1S/C20H18ClNO3S2/c1-3-18(23)19-10-12(2)20(26-19)14-6-9-17(21)16(11-14)13-4-7-15(8-5-13)27(22,24)25/h4-11H,3H2,1-2H3,(H2,22,24,25). The highest BCUT2D eigenvalue weighted by molar-refractivity contribution is 7.89. The maximum atomic E-state index is 12.0. The number of halogens is 1. The van der Waals surface area contributed by atoms with Crippen molar-refractivity contribution in [2.45, 2.75) is 25.2 Å². The number of benzene rings is 2. The van der Waals surface area contributed by atoms with Gasteiger partial charge in [0.05, 0.1) is 9.77 Å². The first-order chi connectivity index (χ1) is 12.7. The summed E-state index contributed by atoms with van der Waals surface area (Å²) in [6.07, 6.45) is 0.474. The molecule has 0 atom stereocenters. The third-order valence-electron chi connectivity index (χ3n) is 4.24. The van der Waals surface area contributed by atoms with Gasteiger partial charge in [0.25, 0.3) is 0 Å². The number of thiophene rings is 1. The van der Waals surface area contributed by atoms with E-state index in [0.717, 1.165) is 32.0 Å². The van der Waals surface area contributed by atoms with Crippen LogP contribution in [0.1, 0.15) is 28.6 Å². The second-order valence-electron chi connectivity index (χ2n) is 6.16. The molecule has 0 saturated heterocycles. The number of carbonyl (C=O) groups is 1. The molecule has 3 rings (SSSR count). The zero-order valence-corrected chi connectivity index (χ0v) is 17.2. The van der Waals surface area contributed by atoms with E-state index >= 15 is 0 Å². The molecule has 7 heteroatoms. The Kier molecular flexibility index (Phi) is 5.53. The highest BCUT2D eigenvalue weighted by Crippen LogP contribution is 2.37. The summed E-state index contributed by atoms with van der Waals surface area (Å²) in [7, 11) is -3.74. The van der Waals surface area contributed by atoms with Gasteiger partial charge >= 0.3 is 0 Å². The summed E-state index contributed by atoms with van der Waals surface area (Å²) in [6, 6.07) is 13.9. The van der Waals surface area contributed by atoms with Crippen LogP contribution in [0.2, 0.25) is 5.02 Å². The van der Waals surface area contributed by atoms with Gasteiger partial charge in [0.1, 0.15) is 0 Å². The van der Waals surface area contributed by atoms with Crippen LogP contribution >= 0.6 is 22.9 Å². The monoisotopic (exact) mass is 419 g/mol. The third kappa shape index (κ3) is 4.14. The van der Waals surface area contributed by atoms with Crippen molar-refractivity contribution < 1.29 is 13.2 Å². The van der Waals surface area contributed by atoms with Crippen LogP contribution in [0.15, 0.2) is 53.4 Å². The molecule has 2 aromatic carbocycles. The van der Waals surface area contributed by atoms with Crippen LogP contribution in [-0.2, 0) is 10.0 Å². The van der Waals surface area contributed by atoms with Crippen LogP contribution in [0.25, 0.3) is 21.6 Å². The fourth-order valence-electron chi connectivity index (χ4n) is 2.79. The Hall–Kier alpha value is -1.99. The largest absolute Gasteiger partial charge is 0.293 e. The summed E-state index contributed by atoms with van der Waals surface area (Å²) in [5, 5.41) is 5.71. The van der Waals surface area contributed by atoms with Gasteiger partial charge in [-0.3, -0.25) is 4.79 Å². The highest BCUT2D eigenvalue weighted by Gasteiger charge is 2.15. The lowest BCUT2D eigenvalue weighted by Gasteiger charge is -2.09. The Labute approximate surface area is 167 Å². The number of carbonyl (C=O) groups excluding carboxylic acids is 1. The molecule has 2 N–H and O–H groups in total. The normalized spacial score (nSPS) is 11.6. The fraction of sp³-hybridized carbons (Fsp3) is 0.150. The summed E-state index contributed by atoms with van der Waals surface area (Å²) in [6.45, 7) is 3.83. The van der Waals surface area contributed by atoms with Gasteiger partial charge < -0.3 is 0 Å². The minimum atomic E-state index is -3.74. The van der Waals surface area contributed by atoms with Crippen LogP contribution in [0, 0.1) is 6.92 Å². The molecule has 0 saturated carbocycles. The topological polar surface area (TPSA) is 77.2 Å². The Bertz CT molecular complexity index is 1120. The van der Waals surface area contributed by atoms with Crippen LogP contribution in [-0.4, -0.2) is 14.2 Å². The van der Waals surface area contributed by atoms with Gasteiger partial charge in [0, 0.05) is 21.9 Å². The van der Waals surface area contributed by atoms with E-state index in [2.05, 4.69) is 0 Å². The number of rotatable bonds is 5. The number of ketones is 1. The smallest absolute Gasteiger partial charge is 0.238 e. The lowest BCUT2D eigenvalue weighted by molar-refractivity contribution is 0.0992. The Morgan fingerprint density at radius 1 is 1.07 bits per heavy atom. The first-order valence-electron chi connectivity index (χ1n) is 8.27. The maximum Gasteiger partial charge on any atom is 0.238 e. The SMILES string of the molecule is CCC(=O)c1cc(C)c(-c2ccc(Cl)c(-c3ccc(S(N)(=O)=O)cc3)c2)s1. The molecular formula is C20H18ClNO3S2. The number of sulfonamides is 1. The van der Waals surface area contributed by atoms with Gasteiger partial charge in [-0.2, -0.15) is 0 Å². The molecule has 1 aromatic heterocycles. The van der Waals surface area contributed by atoms with E-state index in [1.807, 2.05) is 32.0 Å². The van der Waals surface area contributed by atoms with Crippen molar-refractivity contribution in [3.63, 3.8) is 0 Å². The van der Waals surface area contributed by atoms with E-state index in [-0.39, 0.29) is 10.7 Å². The number of aryl methyl sites for hydroxylation is 1. The summed E-state index contributed by atoms with van der Waals surface area (Å²) in [5.41, 5.74) is 3.57. The summed E-state index contributed by atoms with van der Waals surface area (Å²) in [5.74, 6) is 0.127. The van der Waals surface area contributed by atoms with E-state index in [4.69, 9.17) is 16.7 Å². The molecule has 140 valence electrons. The molecule has 27 heavy (non-hydrogen) atoms. The van der Waals surface area contributed by atoms with Gasteiger partial charge in [-0.1, -0.05) is 36.7 Å². The average molecular weight is 420 g/mol. The van der Waals surface area contributed by atoms with Gasteiger partial charge in [-0.15, -0.1) is 11.3 Å². The Balaban J connectivity index is 2.05. The van der Waals surface area contributed by atoms with E-state index in [0.29, 0.717) is 11.4 Å². The second-order valence-corrected chi connectivity index (χ2v) is 9.18. The Morgan fingerprint density at radius 2 is 1.70 bits per heavy atom. The molecule has 3 aromatic rings. The van der Waals surface area contributed by atoms with Gasteiger partial charge in [-0.05, 0) is 53.9 Å². The molecule has 0 aliphatic heterocycles. The molecule has 4 nitrogen and oxygen atoms in total. The van der Waals surface area contributed by atoms with Crippen molar-refractivity contribution in [3.05, 3.63) is 64.0 Å². The minimum Gasteiger partial charge on any atom is -0.293 e. The van der Waals surface area contributed by atoms with Crippen LogP contribution < -0.4 is 5.14 Å². The quantitative estimate of drug-likeness (QED) is 0.571. The zero-order chi connectivity index (χ0) is 19.8. The van der Waals surface area contributed by atoms with Crippen molar-refractivity contribution in [2.75, 3.05) is 0 Å². The average Bonchev–Trinajstić information content (AvgIpc) is 3.02. The number of nitrogens with two attached hydrogens (primary N) is 1. The minimum absolute atomic E-state index is 0.0512. The van der Waals surface area contributed by atoms with Gasteiger partial charge in [0.2, 0.25) is 10.0 Å². The lowest BCUT2D eigenvalue weighted by Crippen LogP contribution is -2.11. The predicted molar refractivity (Wildman–Crippen MR) is 111 cm³/mol. The van der Waals surface area contributed by atoms with Crippen LogP contribution in [0.4, 0.5) is 0 Å².